The molecule has 2 aromatic heterocycles. The number of ether oxygens (including phenoxy) is 7. The molecule has 2 aliphatic heterocycles. The van der Waals surface area contributed by atoms with Gasteiger partial charge in [-0.15, -0.1) is 0 Å². The minimum atomic E-state index is -0.366. The Morgan fingerprint density at radius 3 is 2.06 bits per heavy atom. The lowest BCUT2D eigenvalue weighted by molar-refractivity contribution is -0.121. The lowest BCUT2D eigenvalue weighted by Crippen LogP contribution is -2.60. The van der Waals surface area contributed by atoms with E-state index >= 15 is 0 Å². The van der Waals surface area contributed by atoms with E-state index in [1.54, 1.807) is 18.3 Å². The van der Waals surface area contributed by atoms with E-state index in [0.717, 1.165) is 70.7 Å². The monoisotopic (exact) mass is 1060 g/mol. The summed E-state index contributed by atoms with van der Waals surface area (Å²) in [6, 6.07) is 26.6. The molecular formula is C59H81FN8O9. The van der Waals surface area contributed by atoms with Crippen LogP contribution in [0.2, 0.25) is 0 Å². The summed E-state index contributed by atoms with van der Waals surface area (Å²) >= 11 is 0. The molecule has 0 unspecified atom stereocenters. The van der Waals surface area contributed by atoms with Crippen molar-refractivity contribution in [1.29, 1.82) is 0 Å². The van der Waals surface area contributed by atoms with E-state index in [-0.39, 0.29) is 41.0 Å². The molecule has 1 saturated heterocycles. The van der Waals surface area contributed by atoms with Crippen molar-refractivity contribution in [1.82, 2.24) is 30.4 Å². The van der Waals surface area contributed by atoms with Crippen LogP contribution in [0.25, 0.3) is 10.8 Å². The maximum absolute atomic E-state index is 14.1. The number of hydrogen-bond donors (Lipinski definition) is 3. The zero-order valence-corrected chi connectivity index (χ0v) is 45.6. The Labute approximate surface area is 454 Å². The summed E-state index contributed by atoms with van der Waals surface area (Å²) in [5.41, 5.74) is 5.23. The lowest BCUT2D eigenvalue weighted by Gasteiger charge is -2.41. The fourth-order valence-electron chi connectivity index (χ4n) is 9.52. The van der Waals surface area contributed by atoms with Crippen molar-refractivity contribution in [3.05, 3.63) is 132 Å². The lowest BCUT2D eigenvalue weighted by atomic mass is 9.91. The quantitative estimate of drug-likeness (QED) is 0.0422. The first-order chi connectivity index (χ1) is 37.5. The van der Waals surface area contributed by atoms with Crippen molar-refractivity contribution in [3.63, 3.8) is 0 Å². The summed E-state index contributed by atoms with van der Waals surface area (Å²) in [5.74, 6) is -0.620. The van der Waals surface area contributed by atoms with Gasteiger partial charge in [0.2, 0.25) is 11.8 Å². The van der Waals surface area contributed by atoms with Gasteiger partial charge in [0, 0.05) is 93.0 Å². The molecule has 18 heteroatoms. The van der Waals surface area contributed by atoms with Crippen LogP contribution in [0, 0.1) is 5.82 Å². The average Bonchev–Trinajstić information content (AvgIpc) is 3.71. The van der Waals surface area contributed by atoms with Crippen LogP contribution >= 0.6 is 0 Å². The van der Waals surface area contributed by atoms with E-state index in [2.05, 4.69) is 64.6 Å². The molecule has 0 saturated carbocycles. The number of aromatic nitrogens is 2. The second-order valence-corrected chi connectivity index (χ2v) is 20.4. The zero-order valence-electron chi connectivity index (χ0n) is 45.6. The van der Waals surface area contributed by atoms with Gasteiger partial charge in [0.1, 0.15) is 5.82 Å². The largest absolute Gasteiger partial charge is 0.378 e. The Kier molecular flexibility index (Phi) is 24.6. The topological polar surface area (TPSA) is 170 Å². The number of anilines is 2. The number of piperazine rings is 1. The fourth-order valence-corrected chi connectivity index (χ4v) is 9.52. The van der Waals surface area contributed by atoms with E-state index in [1.165, 1.54) is 12.1 Å². The van der Waals surface area contributed by atoms with E-state index in [4.69, 9.17) is 38.1 Å². The number of likely N-dealkylation sites (N-methyl/N-ethyl adjacent to an activating group) is 1. The van der Waals surface area contributed by atoms with Crippen LogP contribution < -0.4 is 20.9 Å². The number of fused-ring (bicyclic) bond motifs is 2. The Hall–Kier alpha value is -5.35. The van der Waals surface area contributed by atoms with Gasteiger partial charge in [-0.05, 0) is 78.9 Å². The molecule has 3 atom stereocenters. The number of amides is 2. The van der Waals surface area contributed by atoms with Gasteiger partial charge in [-0.2, -0.15) is 0 Å². The Morgan fingerprint density at radius 1 is 0.766 bits per heavy atom. The minimum Gasteiger partial charge on any atom is -0.378 e. The van der Waals surface area contributed by atoms with Crippen molar-refractivity contribution in [2.75, 3.05) is 162 Å². The van der Waals surface area contributed by atoms with E-state index in [0.29, 0.717) is 125 Å². The molecule has 17 nitrogen and oxygen atoms in total. The second kappa shape index (κ2) is 31.9. The Bertz CT molecular complexity index is 2530. The molecule has 4 heterocycles. The first-order valence-electron chi connectivity index (χ1n) is 27.2. The van der Waals surface area contributed by atoms with Crippen LogP contribution in [0.1, 0.15) is 49.1 Å². The van der Waals surface area contributed by atoms with Crippen LogP contribution in [0.4, 0.5) is 15.8 Å². The third-order valence-electron chi connectivity index (χ3n) is 13.7. The first kappa shape index (κ1) is 59.3. The van der Waals surface area contributed by atoms with Gasteiger partial charge in [-0.25, -0.2) is 4.39 Å². The van der Waals surface area contributed by atoms with Gasteiger partial charge in [0.25, 0.3) is 0 Å². The molecule has 1 fully saturated rings. The van der Waals surface area contributed by atoms with E-state index < -0.39 is 0 Å². The molecule has 2 amide bonds. The number of nitrogens with zero attached hydrogens (tertiary/aromatic N) is 5. The third-order valence-corrected chi connectivity index (χ3v) is 13.7. The highest BCUT2D eigenvalue weighted by atomic mass is 19.1. The average molecular weight is 1070 g/mol. The van der Waals surface area contributed by atoms with Crippen molar-refractivity contribution >= 4 is 34.0 Å². The van der Waals surface area contributed by atoms with E-state index in [1.807, 2.05) is 71.9 Å². The number of pyridine rings is 2. The highest BCUT2D eigenvalue weighted by molar-refractivity contribution is 5.98. The van der Waals surface area contributed by atoms with Crippen molar-refractivity contribution in [2.24, 2.45) is 0 Å². The standard InChI is InChI=1S/C59H81FN8O9/c1-45-41-67(43-56(69)68-44-59(2,3)57-55(68)35-47(37-64-57)34-46-10-13-51(60)14-11-46)53(39-63-45)42-66(4)19-21-72-23-25-74-27-29-76-31-33-77-32-30-75-28-26-73-24-22-71-20-18-62-40-54(48-8-6-5-7-9-48)58(70)65-52-15-12-50-38-61-17-16-49(50)36-52/h5-17,35-38,45,53-54,62-63H,18-34,39-44H2,1-4H3,(H,65,70)/t45-,53-,54-/m1/s1. The van der Waals surface area contributed by atoms with Gasteiger partial charge < -0.3 is 58.9 Å². The molecule has 0 spiro atoms. The summed E-state index contributed by atoms with van der Waals surface area (Å²) in [6.07, 6.45) is 6.05. The predicted octanol–water partition coefficient (Wildman–Crippen LogP) is 5.71. The first-order valence-corrected chi connectivity index (χ1v) is 27.2. The van der Waals surface area contributed by atoms with Crippen molar-refractivity contribution in [3.8, 4) is 0 Å². The SMILES string of the molecule is C[C@@H]1CN(CC(=O)N2CC(C)(C)c3ncc(Cc4ccc(F)cc4)cc32)[C@@H](CN(C)CCOCCOCCOCCOCCOCCOCCOCCNC[C@@H](C(=O)Nc2ccc3cnccc3c2)c2ccccc2)CN1. The van der Waals surface area contributed by atoms with Gasteiger partial charge in [-0.3, -0.25) is 24.5 Å². The number of carbonyl (C=O) groups is 2. The molecule has 2 aliphatic rings. The van der Waals surface area contributed by atoms with Crippen molar-refractivity contribution in [2.45, 2.75) is 50.6 Å². The minimum absolute atomic E-state index is 0.0754. The normalized spacial score (nSPS) is 16.8. The molecule has 3 N–H and O–H groups in total. The van der Waals surface area contributed by atoms with Crippen LogP contribution in [0.5, 0.6) is 0 Å². The Morgan fingerprint density at radius 2 is 1.40 bits per heavy atom. The molecule has 3 aromatic carbocycles. The highest BCUT2D eigenvalue weighted by Crippen LogP contribution is 2.40. The van der Waals surface area contributed by atoms with E-state index in [9.17, 15) is 14.0 Å². The molecule has 7 rings (SSSR count). The van der Waals surface area contributed by atoms with Crippen LogP contribution in [-0.4, -0.2) is 196 Å². The van der Waals surface area contributed by atoms with Crippen LogP contribution in [-0.2, 0) is 54.6 Å². The number of benzene rings is 3. The maximum atomic E-state index is 14.1. The zero-order chi connectivity index (χ0) is 54.1. The predicted molar refractivity (Wildman–Crippen MR) is 297 cm³/mol. The molecular weight excluding hydrogens is 984 g/mol. The number of hydrogen-bond acceptors (Lipinski definition) is 15. The van der Waals surface area contributed by atoms with Crippen molar-refractivity contribution < 1.29 is 47.1 Å². The van der Waals surface area contributed by atoms with Crippen LogP contribution in [0.15, 0.2) is 104 Å². The smallest absolute Gasteiger partial charge is 0.241 e. The summed E-state index contributed by atoms with van der Waals surface area (Å²) in [6.45, 7) is 18.3. The highest BCUT2D eigenvalue weighted by Gasteiger charge is 2.41. The summed E-state index contributed by atoms with van der Waals surface area (Å²) in [5, 5.41) is 12.1. The third kappa shape index (κ3) is 19.8. The summed E-state index contributed by atoms with van der Waals surface area (Å²) in [4.78, 5) is 43.0. The van der Waals surface area contributed by atoms with Gasteiger partial charge >= 0.3 is 0 Å². The van der Waals surface area contributed by atoms with Gasteiger partial charge in [0.15, 0.2) is 0 Å². The molecule has 418 valence electrons. The number of carbonyl (C=O) groups excluding carboxylic acids is 2. The fraction of sp³-hybridized carbons (Fsp3) is 0.525. The number of halogens is 1. The molecule has 0 bridgehead atoms. The molecule has 0 aliphatic carbocycles. The number of nitrogens with one attached hydrogen (secondary N) is 3. The van der Waals surface area contributed by atoms with Gasteiger partial charge in [-0.1, -0.05) is 62.4 Å². The molecule has 5 aromatic rings. The Balaban J connectivity index is 0.638. The van der Waals surface area contributed by atoms with Crippen LogP contribution in [0.3, 0.4) is 0 Å². The maximum Gasteiger partial charge on any atom is 0.241 e. The molecule has 0 radical (unpaired) electrons. The second-order valence-electron chi connectivity index (χ2n) is 20.4. The molecule has 77 heavy (non-hydrogen) atoms. The summed E-state index contributed by atoms with van der Waals surface area (Å²) < 4.78 is 53.3. The number of rotatable bonds is 35. The van der Waals surface area contributed by atoms with Gasteiger partial charge in [0.05, 0.1) is 116 Å². The summed E-state index contributed by atoms with van der Waals surface area (Å²) in [7, 11) is 2.09.